The number of hydrogen-bond donors (Lipinski definition) is 1. The van der Waals surface area contributed by atoms with Crippen LogP contribution in [0.2, 0.25) is 0 Å². The first-order valence-electron chi connectivity index (χ1n) is 3.36. The van der Waals surface area contributed by atoms with Gasteiger partial charge in [-0.2, -0.15) is 0 Å². The van der Waals surface area contributed by atoms with Crippen LogP contribution in [0, 0.1) is 5.92 Å². The summed E-state index contributed by atoms with van der Waals surface area (Å²) in [5.74, 6) is 0.589. The molecule has 0 saturated heterocycles. The highest BCUT2D eigenvalue weighted by Gasteiger charge is 2.03. The van der Waals surface area contributed by atoms with Crippen molar-refractivity contribution in [2.75, 3.05) is 13.6 Å². The monoisotopic (exact) mass is 165 g/mol. The van der Waals surface area contributed by atoms with Gasteiger partial charge in [0.25, 0.3) is 0 Å². The summed E-state index contributed by atoms with van der Waals surface area (Å²) in [5, 5.41) is 0. The van der Waals surface area contributed by atoms with Gasteiger partial charge in [0.15, 0.2) is 0 Å². The van der Waals surface area contributed by atoms with Crippen molar-refractivity contribution in [3.05, 3.63) is 0 Å². The molecular formula is C6H15NO2S. The van der Waals surface area contributed by atoms with Crippen LogP contribution in [0.1, 0.15) is 20.3 Å². The van der Waals surface area contributed by atoms with E-state index in [0.717, 1.165) is 6.42 Å². The average molecular weight is 165 g/mol. The van der Waals surface area contributed by atoms with E-state index in [9.17, 15) is 4.21 Å². The van der Waals surface area contributed by atoms with Crippen LogP contribution >= 0.6 is 0 Å². The molecule has 0 saturated carbocycles. The molecule has 0 aromatic rings. The molecule has 1 atom stereocenters. The number of rotatable bonds is 4. The van der Waals surface area contributed by atoms with E-state index in [4.69, 9.17) is 4.55 Å². The minimum absolute atomic E-state index is 0.589. The van der Waals surface area contributed by atoms with E-state index in [1.807, 2.05) is 0 Å². The predicted molar refractivity (Wildman–Crippen MR) is 42.9 cm³/mol. The molecule has 0 aliphatic carbocycles. The molecule has 0 fully saturated rings. The maximum absolute atomic E-state index is 10.3. The van der Waals surface area contributed by atoms with Gasteiger partial charge in [-0.05, 0) is 12.3 Å². The van der Waals surface area contributed by atoms with E-state index in [1.165, 1.54) is 4.31 Å². The molecule has 62 valence electrons. The molecule has 4 heteroatoms. The Balaban J connectivity index is 3.40. The fraction of sp³-hybridized carbons (Fsp3) is 1.00. The van der Waals surface area contributed by atoms with Crippen LogP contribution in [-0.4, -0.2) is 26.7 Å². The molecule has 1 unspecified atom stereocenters. The highest BCUT2D eigenvalue weighted by atomic mass is 32.2. The Morgan fingerprint density at radius 3 is 2.40 bits per heavy atom. The highest BCUT2D eigenvalue weighted by Crippen LogP contribution is 2.00. The molecule has 3 nitrogen and oxygen atoms in total. The van der Waals surface area contributed by atoms with E-state index in [2.05, 4.69) is 13.8 Å². The SMILES string of the molecule is CC(C)CCN(C)S(=O)O. The van der Waals surface area contributed by atoms with Crippen LogP contribution in [0.4, 0.5) is 0 Å². The first kappa shape index (κ1) is 10.1. The Kier molecular flexibility index (Phi) is 4.85. The van der Waals surface area contributed by atoms with Crippen LogP contribution in [-0.2, 0) is 11.3 Å². The molecule has 0 aromatic heterocycles. The van der Waals surface area contributed by atoms with Crippen molar-refractivity contribution >= 4 is 11.3 Å². The molecular weight excluding hydrogens is 150 g/mol. The van der Waals surface area contributed by atoms with Crippen LogP contribution in [0.25, 0.3) is 0 Å². The Bertz CT molecular complexity index is 116. The van der Waals surface area contributed by atoms with Gasteiger partial charge in [-0.1, -0.05) is 13.8 Å². The van der Waals surface area contributed by atoms with E-state index in [-0.39, 0.29) is 0 Å². The average Bonchev–Trinajstić information content (AvgIpc) is 1.82. The summed E-state index contributed by atoms with van der Waals surface area (Å²) < 4.78 is 20.3. The van der Waals surface area contributed by atoms with Crippen LogP contribution in [0.15, 0.2) is 0 Å². The van der Waals surface area contributed by atoms with Gasteiger partial charge in [-0.25, -0.2) is 8.51 Å². The molecule has 0 radical (unpaired) electrons. The summed E-state index contributed by atoms with van der Waals surface area (Å²) in [4.78, 5) is 0. The molecule has 0 rings (SSSR count). The van der Waals surface area contributed by atoms with E-state index < -0.39 is 11.3 Å². The molecule has 0 aromatic carbocycles. The zero-order chi connectivity index (χ0) is 8.15. The van der Waals surface area contributed by atoms with Crippen molar-refractivity contribution in [2.24, 2.45) is 5.92 Å². The molecule has 0 aliphatic rings. The predicted octanol–water partition coefficient (Wildman–Crippen LogP) is 1.10. The van der Waals surface area contributed by atoms with Gasteiger partial charge in [-0.15, -0.1) is 0 Å². The zero-order valence-electron chi connectivity index (χ0n) is 6.70. The lowest BCUT2D eigenvalue weighted by molar-refractivity contribution is 0.414. The Morgan fingerprint density at radius 2 is 2.10 bits per heavy atom. The van der Waals surface area contributed by atoms with Crippen molar-refractivity contribution in [1.82, 2.24) is 4.31 Å². The minimum Gasteiger partial charge on any atom is -0.294 e. The quantitative estimate of drug-likeness (QED) is 0.634. The van der Waals surface area contributed by atoms with Crippen molar-refractivity contribution < 1.29 is 8.76 Å². The molecule has 0 bridgehead atoms. The second-order valence-corrected chi connectivity index (χ2v) is 3.85. The first-order chi connectivity index (χ1) is 4.54. The third kappa shape index (κ3) is 4.90. The second-order valence-electron chi connectivity index (χ2n) is 2.76. The second kappa shape index (κ2) is 4.82. The van der Waals surface area contributed by atoms with E-state index in [1.54, 1.807) is 7.05 Å². The zero-order valence-corrected chi connectivity index (χ0v) is 7.52. The summed E-state index contributed by atoms with van der Waals surface area (Å²) in [6, 6.07) is 0. The summed E-state index contributed by atoms with van der Waals surface area (Å²) in [6.07, 6.45) is 0.961. The molecule has 0 spiro atoms. The third-order valence-corrected chi connectivity index (χ3v) is 2.00. The van der Waals surface area contributed by atoms with E-state index in [0.29, 0.717) is 12.5 Å². The van der Waals surface area contributed by atoms with Crippen molar-refractivity contribution in [2.45, 2.75) is 20.3 Å². The molecule has 0 amide bonds. The minimum atomic E-state index is -1.79. The Hall–Kier alpha value is 0.0700. The fourth-order valence-electron chi connectivity index (χ4n) is 0.518. The third-order valence-electron chi connectivity index (χ3n) is 1.29. The summed E-state index contributed by atoms with van der Waals surface area (Å²) >= 11 is -1.79. The number of nitrogens with zero attached hydrogens (tertiary/aromatic N) is 1. The largest absolute Gasteiger partial charge is 0.294 e. The Labute approximate surface area is 64.8 Å². The normalized spacial score (nSPS) is 14.6. The van der Waals surface area contributed by atoms with Crippen molar-refractivity contribution in [3.8, 4) is 0 Å². The van der Waals surface area contributed by atoms with Crippen LogP contribution in [0.5, 0.6) is 0 Å². The maximum atomic E-state index is 10.3. The topological polar surface area (TPSA) is 40.5 Å². The van der Waals surface area contributed by atoms with Gasteiger partial charge in [0.1, 0.15) is 0 Å². The van der Waals surface area contributed by atoms with Crippen molar-refractivity contribution in [1.29, 1.82) is 0 Å². The lowest BCUT2D eigenvalue weighted by atomic mass is 10.1. The van der Waals surface area contributed by atoms with E-state index >= 15 is 0 Å². The lowest BCUT2D eigenvalue weighted by Crippen LogP contribution is -2.22. The highest BCUT2D eigenvalue weighted by molar-refractivity contribution is 7.76. The van der Waals surface area contributed by atoms with Gasteiger partial charge in [0, 0.05) is 13.6 Å². The Morgan fingerprint density at radius 1 is 1.60 bits per heavy atom. The molecule has 0 heterocycles. The lowest BCUT2D eigenvalue weighted by Gasteiger charge is -2.11. The standard InChI is InChI=1S/C6H15NO2S/c1-6(2)4-5-7(3)10(8)9/h6H,4-5H2,1-3H3,(H,8,9). The summed E-state index contributed by atoms with van der Waals surface area (Å²) in [7, 11) is 1.64. The van der Waals surface area contributed by atoms with Crippen LogP contribution in [0.3, 0.4) is 0 Å². The van der Waals surface area contributed by atoms with Gasteiger partial charge in [0.05, 0.1) is 0 Å². The maximum Gasteiger partial charge on any atom is 0.234 e. The van der Waals surface area contributed by atoms with Crippen LogP contribution < -0.4 is 0 Å². The summed E-state index contributed by atoms with van der Waals surface area (Å²) in [5.41, 5.74) is 0. The molecule has 0 aliphatic heterocycles. The summed E-state index contributed by atoms with van der Waals surface area (Å²) in [6.45, 7) is 4.86. The van der Waals surface area contributed by atoms with Gasteiger partial charge < -0.3 is 0 Å². The first-order valence-corrected chi connectivity index (χ1v) is 4.42. The molecule has 1 N–H and O–H groups in total. The van der Waals surface area contributed by atoms with Gasteiger partial charge in [-0.3, -0.25) is 4.55 Å². The van der Waals surface area contributed by atoms with Crippen molar-refractivity contribution in [3.63, 3.8) is 0 Å². The number of hydrogen-bond acceptors (Lipinski definition) is 1. The van der Waals surface area contributed by atoms with Gasteiger partial charge >= 0.3 is 0 Å². The van der Waals surface area contributed by atoms with Gasteiger partial charge in [0.2, 0.25) is 11.3 Å². The molecule has 10 heavy (non-hydrogen) atoms. The smallest absolute Gasteiger partial charge is 0.234 e. The fourth-order valence-corrected chi connectivity index (χ4v) is 0.780.